The van der Waals surface area contributed by atoms with Gasteiger partial charge in [0.25, 0.3) is 0 Å². The van der Waals surface area contributed by atoms with Crippen molar-refractivity contribution in [2.45, 2.75) is 33.1 Å². The third-order valence-corrected chi connectivity index (χ3v) is 3.60. The van der Waals surface area contributed by atoms with E-state index in [1.807, 2.05) is 18.2 Å². The van der Waals surface area contributed by atoms with Gasteiger partial charge in [-0.25, -0.2) is 0 Å². The van der Waals surface area contributed by atoms with E-state index in [-0.39, 0.29) is 11.3 Å². The Bertz CT molecular complexity index is 624. The molecule has 0 radical (unpaired) electrons. The third-order valence-electron chi connectivity index (χ3n) is 3.60. The minimum absolute atomic E-state index is 0.0170. The van der Waals surface area contributed by atoms with E-state index in [1.54, 1.807) is 12.4 Å². The molecule has 0 saturated carbocycles. The lowest BCUT2D eigenvalue weighted by Gasteiger charge is -2.23. The molecule has 5 nitrogen and oxygen atoms in total. The molecule has 0 spiro atoms. The van der Waals surface area contributed by atoms with Gasteiger partial charge in [0.2, 0.25) is 5.91 Å². The van der Waals surface area contributed by atoms with Gasteiger partial charge in [-0.2, -0.15) is 0 Å². The van der Waals surface area contributed by atoms with Crippen LogP contribution in [0.4, 0.5) is 5.69 Å². The zero-order valence-corrected chi connectivity index (χ0v) is 12.6. The summed E-state index contributed by atoms with van der Waals surface area (Å²) in [6, 6.07) is 5.54. The van der Waals surface area contributed by atoms with Gasteiger partial charge in [-0.15, -0.1) is 0 Å². The molecule has 1 heterocycles. The van der Waals surface area contributed by atoms with Crippen molar-refractivity contribution < 1.29 is 4.79 Å². The Morgan fingerprint density at radius 1 is 1.19 bits per heavy atom. The van der Waals surface area contributed by atoms with Gasteiger partial charge in [0.05, 0.1) is 11.0 Å². The van der Waals surface area contributed by atoms with E-state index in [9.17, 15) is 4.79 Å². The van der Waals surface area contributed by atoms with Crippen LogP contribution in [-0.4, -0.2) is 22.4 Å². The highest BCUT2D eigenvalue weighted by Gasteiger charge is 2.18. The Kier molecular flexibility index (Phi) is 4.85. The van der Waals surface area contributed by atoms with Crippen LogP contribution in [0.2, 0.25) is 0 Å². The monoisotopic (exact) mass is 286 g/mol. The zero-order valence-electron chi connectivity index (χ0n) is 12.6. The largest absolute Gasteiger partial charge is 0.330 e. The summed E-state index contributed by atoms with van der Waals surface area (Å²) in [5.74, 6) is 0.0170. The fourth-order valence-electron chi connectivity index (χ4n) is 2.23. The van der Waals surface area contributed by atoms with Crippen LogP contribution in [0.25, 0.3) is 11.0 Å². The number of aromatic nitrogens is 2. The third kappa shape index (κ3) is 4.49. The number of amides is 1. The van der Waals surface area contributed by atoms with Crippen molar-refractivity contribution in [2.75, 3.05) is 11.9 Å². The Balaban J connectivity index is 1.95. The summed E-state index contributed by atoms with van der Waals surface area (Å²) < 4.78 is 0. The Morgan fingerprint density at radius 2 is 1.90 bits per heavy atom. The van der Waals surface area contributed by atoms with Crippen LogP contribution in [0.1, 0.15) is 33.1 Å². The minimum Gasteiger partial charge on any atom is -0.330 e. The second-order valence-corrected chi connectivity index (χ2v) is 6.01. The zero-order chi connectivity index (χ0) is 15.3. The van der Waals surface area contributed by atoms with E-state index >= 15 is 0 Å². The topological polar surface area (TPSA) is 80.9 Å². The van der Waals surface area contributed by atoms with Crippen molar-refractivity contribution in [3.8, 4) is 0 Å². The van der Waals surface area contributed by atoms with E-state index in [4.69, 9.17) is 5.73 Å². The van der Waals surface area contributed by atoms with Gasteiger partial charge >= 0.3 is 0 Å². The number of nitrogens with zero attached hydrogens (tertiary/aromatic N) is 2. The number of nitrogens with two attached hydrogens (primary N) is 1. The molecule has 0 bridgehead atoms. The van der Waals surface area contributed by atoms with E-state index in [1.165, 1.54) is 0 Å². The number of hydrogen-bond donors (Lipinski definition) is 2. The fraction of sp³-hybridized carbons (Fsp3) is 0.438. The number of hydrogen-bond acceptors (Lipinski definition) is 4. The average molecular weight is 286 g/mol. The van der Waals surface area contributed by atoms with Gasteiger partial charge in [-0.3, -0.25) is 14.8 Å². The smallest absolute Gasteiger partial charge is 0.224 e. The first kappa shape index (κ1) is 15.4. The van der Waals surface area contributed by atoms with Crippen LogP contribution in [0.5, 0.6) is 0 Å². The number of nitrogens with one attached hydrogen (secondary N) is 1. The predicted octanol–water partition coefficient (Wildman–Crippen LogP) is 2.72. The van der Waals surface area contributed by atoms with Gasteiger partial charge in [0.15, 0.2) is 0 Å². The molecular weight excluding hydrogens is 264 g/mol. The average Bonchev–Trinajstić information content (AvgIpc) is 2.45. The van der Waals surface area contributed by atoms with Crippen LogP contribution in [0.3, 0.4) is 0 Å². The molecule has 1 aromatic carbocycles. The molecular formula is C16H22N4O. The van der Waals surface area contributed by atoms with Crippen LogP contribution >= 0.6 is 0 Å². The van der Waals surface area contributed by atoms with Crippen molar-refractivity contribution in [1.29, 1.82) is 0 Å². The van der Waals surface area contributed by atoms with Gasteiger partial charge in [-0.1, -0.05) is 13.8 Å². The van der Waals surface area contributed by atoms with Crippen LogP contribution < -0.4 is 11.1 Å². The number of rotatable bonds is 6. The lowest BCUT2D eigenvalue weighted by molar-refractivity contribution is -0.116. The summed E-state index contributed by atoms with van der Waals surface area (Å²) in [5, 5.41) is 2.91. The van der Waals surface area contributed by atoms with Crippen molar-refractivity contribution in [2.24, 2.45) is 11.1 Å². The van der Waals surface area contributed by atoms with Crippen LogP contribution in [0.15, 0.2) is 30.6 Å². The molecule has 0 fully saturated rings. The maximum absolute atomic E-state index is 12.0. The lowest BCUT2D eigenvalue weighted by Crippen LogP contribution is -2.20. The number of carbonyl (C=O) groups is 1. The molecule has 1 aromatic heterocycles. The first-order chi connectivity index (χ1) is 10.00. The van der Waals surface area contributed by atoms with Crippen molar-refractivity contribution in [3.05, 3.63) is 30.6 Å². The fourth-order valence-corrected chi connectivity index (χ4v) is 2.23. The molecule has 1 amide bonds. The van der Waals surface area contributed by atoms with E-state index < -0.39 is 0 Å². The molecule has 0 atom stereocenters. The molecule has 3 N–H and O–H groups in total. The normalized spacial score (nSPS) is 11.6. The molecule has 21 heavy (non-hydrogen) atoms. The second kappa shape index (κ2) is 6.63. The van der Waals surface area contributed by atoms with Crippen molar-refractivity contribution in [1.82, 2.24) is 9.97 Å². The first-order valence-electron chi connectivity index (χ1n) is 7.21. The molecule has 5 heteroatoms. The first-order valence-corrected chi connectivity index (χ1v) is 7.21. The highest BCUT2D eigenvalue weighted by Crippen LogP contribution is 2.26. The Hall–Kier alpha value is -2.01. The molecule has 2 rings (SSSR count). The summed E-state index contributed by atoms with van der Waals surface area (Å²) in [6.45, 7) is 4.93. The van der Waals surface area contributed by atoms with Gasteiger partial charge in [0, 0.05) is 24.5 Å². The summed E-state index contributed by atoms with van der Waals surface area (Å²) in [7, 11) is 0. The van der Waals surface area contributed by atoms with Crippen molar-refractivity contribution in [3.63, 3.8) is 0 Å². The molecule has 112 valence electrons. The molecule has 0 unspecified atom stereocenters. The summed E-state index contributed by atoms with van der Waals surface area (Å²) in [4.78, 5) is 20.5. The van der Waals surface area contributed by atoms with Gasteiger partial charge in [0.1, 0.15) is 0 Å². The minimum atomic E-state index is 0.0170. The van der Waals surface area contributed by atoms with Crippen molar-refractivity contribution >= 4 is 22.6 Å². The highest BCUT2D eigenvalue weighted by atomic mass is 16.1. The molecule has 2 aromatic rings. The second-order valence-electron chi connectivity index (χ2n) is 6.01. The quantitative estimate of drug-likeness (QED) is 0.855. The maximum Gasteiger partial charge on any atom is 0.224 e. The Morgan fingerprint density at radius 3 is 2.62 bits per heavy atom. The number of anilines is 1. The van der Waals surface area contributed by atoms with Gasteiger partial charge in [-0.05, 0) is 43.0 Å². The van der Waals surface area contributed by atoms with Crippen LogP contribution in [-0.2, 0) is 4.79 Å². The number of carbonyl (C=O) groups excluding carboxylic acids is 1. The molecule has 0 aliphatic heterocycles. The summed E-state index contributed by atoms with van der Waals surface area (Å²) in [5.41, 5.74) is 8.03. The molecule has 0 aliphatic carbocycles. The van der Waals surface area contributed by atoms with E-state index in [2.05, 4.69) is 29.1 Å². The van der Waals surface area contributed by atoms with E-state index in [0.29, 0.717) is 13.0 Å². The predicted molar refractivity (Wildman–Crippen MR) is 84.9 cm³/mol. The number of benzene rings is 1. The van der Waals surface area contributed by atoms with Gasteiger partial charge < -0.3 is 11.1 Å². The summed E-state index contributed by atoms with van der Waals surface area (Å²) in [6.07, 6.45) is 5.53. The number of fused-ring (bicyclic) bond motifs is 1. The Labute approximate surface area is 125 Å². The standard InChI is InChI=1S/C16H22N4O/c1-16(2,7-8-17)6-5-15(21)20-12-3-4-13-14(11-12)19-10-9-18-13/h3-4,9-11H,5-8,17H2,1-2H3,(H,20,21). The van der Waals surface area contributed by atoms with E-state index in [0.717, 1.165) is 29.6 Å². The van der Waals surface area contributed by atoms with Crippen LogP contribution in [0, 0.1) is 5.41 Å². The highest BCUT2D eigenvalue weighted by molar-refractivity contribution is 5.92. The maximum atomic E-state index is 12.0. The molecule has 0 saturated heterocycles. The molecule has 0 aliphatic rings. The summed E-state index contributed by atoms with van der Waals surface area (Å²) >= 11 is 0. The SMILES string of the molecule is CC(C)(CCN)CCC(=O)Nc1ccc2nccnc2c1. The lowest BCUT2D eigenvalue weighted by atomic mass is 9.84.